The number of ether oxygens (including phenoxy) is 1. The molecule has 0 spiro atoms. The molecule has 27 heavy (non-hydrogen) atoms. The summed E-state index contributed by atoms with van der Waals surface area (Å²) in [6, 6.07) is 9.79. The molecule has 1 saturated heterocycles. The second kappa shape index (κ2) is 8.13. The SMILES string of the molecule is O=C(Cn1ccnc1-c1ccccc1)NCCc1noc([C@@H]2CCCO2)n1. The molecule has 1 N–H and O–H groups in total. The van der Waals surface area contributed by atoms with Crippen LogP contribution in [-0.4, -0.2) is 38.8 Å². The number of aromatic nitrogens is 4. The van der Waals surface area contributed by atoms with Gasteiger partial charge in [0.2, 0.25) is 5.91 Å². The summed E-state index contributed by atoms with van der Waals surface area (Å²) in [5.74, 6) is 1.78. The lowest BCUT2D eigenvalue weighted by Crippen LogP contribution is -2.29. The van der Waals surface area contributed by atoms with Gasteiger partial charge >= 0.3 is 0 Å². The number of carbonyl (C=O) groups is 1. The molecule has 8 nitrogen and oxygen atoms in total. The number of imidazole rings is 1. The summed E-state index contributed by atoms with van der Waals surface area (Å²) < 4.78 is 12.6. The molecule has 140 valence electrons. The van der Waals surface area contributed by atoms with E-state index in [1.807, 2.05) is 34.9 Å². The molecule has 0 bridgehead atoms. The van der Waals surface area contributed by atoms with Gasteiger partial charge in [-0.1, -0.05) is 35.5 Å². The van der Waals surface area contributed by atoms with E-state index in [-0.39, 0.29) is 18.6 Å². The highest BCUT2D eigenvalue weighted by atomic mass is 16.5. The molecule has 4 rings (SSSR count). The number of amides is 1. The van der Waals surface area contributed by atoms with E-state index in [0.29, 0.717) is 24.7 Å². The number of nitrogens with zero attached hydrogens (tertiary/aromatic N) is 4. The summed E-state index contributed by atoms with van der Waals surface area (Å²) >= 11 is 0. The molecule has 2 aromatic heterocycles. The molecule has 0 saturated carbocycles. The summed E-state index contributed by atoms with van der Waals surface area (Å²) in [5.41, 5.74) is 0.976. The average molecular weight is 367 g/mol. The molecule has 1 aliphatic rings. The van der Waals surface area contributed by atoms with Gasteiger partial charge in [0.1, 0.15) is 18.5 Å². The Hall–Kier alpha value is -3.00. The third kappa shape index (κ3) is 4.22. The Bertz CT molecular complexity index is 884. The molecular weight excluding hydrogens is 346 g/mol. The average Bonchev–Trinajstić information content (AvgIpc) is 3.44. The summed E-state index contributed by atoms with van der Waals surface area (Å²) in [4.78, 5) is 21.0. The number of hydrogen-bond donors (Lipinski definition) is 1. The topological polar surface area (TPSA) is 95.1 Å². The van der Waals surface area contributed by atoms with Crippen LogP contribution in [0.15, 0.2) is 47.2 Å². The molecule has 1 amide bonds. The Kier molecular flexibility index (Phi) is 5.24. The van der Waals surface area contributed by atoms with Crippen molar-refractivity contribution in [2.45, 2.75) is 31.9 Å². The first-order valence-corrected chi connectivity index (χ1v) is 9.07. The van der Waals surface area contributed by atoms with Crippen molar-refractivity contribution in [3.8, 4) is 11.4 Å². The van der Waals surface area contributed by atoms with Crippen LogP contribution in [0.4, 0.5) is 0 Å². The van der Waals surface area contributed by atoms with Gasteiger partial charge < -0.3 is 19.1 Å². The van der Waals surface area contributed by atoms with Crippen LogP contribution >= 0.6 is 0 Å². The number of nitrogens with one attached hydrogen (secondary N) is 1. The molecule has 0 radical (unpaired) electrons. The molecule has 3 aromatic rings. The zero-order chi connectivity index (χ0) is 18.5. The van der Waals surface area contributed by atoms with Gasteiger partial charge in [0, 0.05) is 37.5 Å². The molecule has 8 heteroatoms. The second-order valence-corrected chi connectivity index (χ2v) is 6.40. The zero-order valence-electron chi connectivity index (χ0n) is 14.9. The number of rotatable bonds is 7. The summed E-state index contributed by atoms with van der Waals surface area (Å²) in [6.07, 6.45) is 5.84. The fourth-order valence-corrected chi connectivity index (χ4v) is 3.08. The molecule has 0 unspecified atom stereocenters. The van der Waals surface area contributed by atoms with Gasteiger partial charge in [-0.15, -0.1) is 0 Å². The largest absolute Gasteiger partial charge is 0.368 e. The Morgan fingerprint density at radius 3 is 3.00 bits per heavy atom. The van der Waals surface area contributed by atoms with Crippen molar-refractivity contribution in [3.63, 3.8) is 0 Å². The monoisotopic (exact) mass is 367 g/mol. The van der Waals surface area contributed by atoms with Gasteiger partial charge in [-0.3, -0.25) is 4.79 Å². The smallest absolute Gasteiger partial charge is 0.255 e. The van der Waals surface area contributed by atoms with Gasteiger partial charge in [-0.05, 0) is 12.8 Å². The molecule has 0 aliphatic carbocycles. The molecule has 1 aliphatic heterocycles. The summed E-state index contributed by atoms with van der Waals surface area (Å²) in [6.45, 7) is 1.38. The highest BCUT2D eigenvalue weighted by Crippen LogP contribution is 2.26. The van der Waals surface area contributed by atoms with E-state index in [2.05, 4.69) is 20.4 Å². The van der Waals surface area contributed by atoms with E-state index in [4.69, 9.17) is 9.26 Å². The van der Waals surface area contributed by atoms with Gasteiger partial charge in [0.05, 0.1) is 0 Å². The molecule has 1 atom stereocenters. The summed E-state index contributed by atoms with van der Waals surface area (Å²) in [5, 5.41) is 6.84. The van der Waals surface area contributed by atoms with Crippen LogP contribution in [0.1, 0.15) is 30.7 Å². The van der Waals surface area contributed by atoms with Crippen LogP contribution in [0.3, 0.4) is 0 Å². The van der Waals surface area contributed by atoms with Crippen LogP contribution in [0.5, 0.6) is 0 Å². The minimum Gasteiger partial charge on any atom is -0.368 e. The highest BCUT2D eigenvalue weighted by Gasteiger charge is 2.23. The van der Waals surface area contributed by atoms with E-state index in [9.17, 15) is 4.79 Å². The minimum atomic E-state index is -0.0898. The van der Waals surface area contributed by atoms with Gasteiger partial charge in [-0.25, -0.2) is 4.98 Å². The van der Waals surface area contributed by atoms with Crippen molar-refractivity contribution in [2.75, 3.05) is 13.2 Å². The number of benzene rings is 1. The lowest BCUT2D eigenvalue weighted by Gasteiger charge is -2.08. The lowest BCUT2D eigenvalue weighted by molar-refractivity contribution is -0.121. The van der Waals surface area contributed by atoms with E-state index in [0.717, 1.165) is 30.8 Å². The first kappa shape index (κ1) is 17.4. The fraction of sp³-hybridized carbons (Fsp3) is 0.368. The van der Waals surface area contributed by atoms with Crippen LogP contribution in [0, 0.1) is 0 Å². The van der Waals surface area contributed by atoms with E-state index in [1.165, 1.54) is 0 Å². The standard InChI is InChI=1S/C19H21N5O3/c25-17(13-24-11-10-21-18(24)14-5-2-1-3-6-14)20-9-8-16-22-19(27-23-16)15-7-4-12-26-15/h1-3,5-6,10-11,15H,4,7-9,12-13H2,(H,20,25)/t15-/m0/s1. The van der Waals surface area contributed by atoms with Crippen molar-refractivity contribution in [2.24, 2.45) is 0 Å². The Labute approximate surface area is 156 Å². The maximum Gasteiger partial charge on any atom is 0.255 e. The van der Waals surface area contributed by atoms with Crippen molar-refractivity contribution >= 4 is 5.91 Å². The number of carbonyl (C=O) groups excluding carboxylic acids is 1. The molecule has 1 aromatic carbocycles. The van der Waals surface area contributed by atoms with Gasteiger partial charge in [0.25, 0.3) is 5.89 Å². The van der Waals surface area contributed by atoms with Crippen molar-refractivity contribution in [1.29, 1.82) is 0 Å². The fourth-order valence-electron chi connectivity index (χ4n) is 3.08. The third-order valence-corrected chi connectivity index (χ3v) is 4.42. The van der Waals surface area contributed by atoms with Crippen LogP contribution in [0.25, 0.3) is 11.4 Å². The van der Waals surface area contributed by atoms with E-state index >= 15 is 0 Å². The Balaban J connectivity index is 1.28. The quantitative estimate of drug-likeness (QED) is 0.687. The Morgan fingerprint density at radius 2 is 2.19 bits per heavy atom. The van der Waals surface area contributed by atoms with E-state index < -0.39 is 0 Å². The third-order valence-electron chi connectivity index (χ3n) is 4.42. The highest BCUT2D eigenvalue weighted by molar-refractivity contribution is 5.76. The maximum atomic E-state index is 12.3. The van der Waals surface area contributed by atoms with Crippen molar-refractivity contribution in [3.05, 3.63) is 54.4 Å². The second-order valence-electron chi connectivity index (χ2n) is 6.40. The van der Waals surface area contributed by atoms with Crippen LogP contribution < -0.4 is 5.32 Å². The number of hydrogen-bond acceptors (Lipinski definition) is 6. The van der Waals surface area contributed by atoms with Gasteiger partial charge in [-0.2, -0.15) is 4.98 Å². The maximum absolute atomic E-state index is 12.3. The van der Waals surface area contributed by atoms with E-state index in [1.54, 1.807) is 12.4 Å². The normalized spacial score (nSPS) is 16.5. The van der Waals surface area contributed by atoms with Gasteiger partial charge in [0.15, 0.2) is 5.82 Å². The molecule has 1 fully saturated rings. The first-order valence-electron chi connectivity index (χ1n) is 9.07. The predicted octanol–water partition coefficient (Wildman–Crippen LogP) is 2.14. The Morgan fingerprint density at radius 1 is 1.30 bits per heavy atom. The van der Waals surface area contributed by atoms with Crippen molar-refractivity contribution in [1.82, 2.24) is 25.0 Å². The molecule has 3 heterocycles. The van der Waals surface area contributed by atoms with Crippen LogP contribution in [0.2, 0.25) is 0 Å². The van der Waals surface area contributed by atoms with Crippen LogP contribution in [-0.2, 0) is 22.5 Å². The lowest BCUT2D eigenvalue weighted by atomic mass is 10.2. The van der Waals surface area contributed by atoms with Crippen molar-refractivity contribution < 1.29 is 14.1 Å². The predicted molar refractivity (Wildman–Crippen MR) is 96.6 cm³/mol. The summed E-state index contributed by atoms with van der Waals surface area (Å²) in [7, 11) is 0. The molecular formula is C19H21N5O3. The first-order chi connectivity index (χ1) is 13.3. The zero-order valence-corrected chi connectivity index (χ0v) is 14.9. The minimum absolute atomic E-state index is 0.0847.